The van der Waals surface area contributed by atoms with Gasteiger partial charge in [0, 0.05) is 25.1 Å². The number of piperazine rings is 1. The molecule has 5 N–H and O–H groups in total. The van der Waals surface area contributed by atoms with Crippen molar-refractivity contribution in [3.63, 3.8) is 0 Å². The predicted octanol–water partition coefficient (Wildman–Crippen LogP) is 1.54. The number of carbonyl (C=O) groups excluding carboxylic acids is 2. The van der Waals surface area contributed by atoms with Crippen LogP contribution in [-0.2, 0) is 20.8 Å². The Labute approximate surface area is 192 Å². The van der Waals surface area contributed by atoms with Crippen molar-refractivity contribution in [3.8, 4) is 5.75 Å². The molecule has 0 radical (unpaired) electrons. The summed E-state index contributed by atoms with van der Waals surface area (Å²) in [6.45, 7) is 0.714. The Morgan fingerprint density at radius 2 is 1.82 bits per heavy atom. The van der Waals surface area contributed by atoms with Crippen LogP contribution < -0.4 is 15.8 Å². The highest BCUT2D eigenvalue weighted by atomic mass is 16.5. The van der Waals surface area contributed by atoms with Crippen LogP contribution in [0.15, 0.2) is 54.6 Å². The maximum Gasteiger partial charge on any atom is 0.329 e. The van der Waals surface area contributed by atoms with Crippen molar-refractivity contribution >= 4 is 23.6 Å². The number of carboxylic acids is 1. The third-order valence-electron chi connectivity index (χ3n) is 5.73. The van der Waals surface area contributed by atoms with Crippen molar-refractivity contribution in [2.45, 2.75) is 31.2 Å². The lowest BCUT2D eigenvalue weighted by Gasteiger charge is -2.42. The Morgan fingerprint density at radius 1 is 1.12 bits per heavy atom. The van der Waals surface area contributed by atoms with Crippen molar-refractivity contribution in [2.24, 2.45) is 5.73 Å². The Kier molecular flexibility index (Phi) is 7.66. The van der Waals surface area contributed by atoms with Crippen molar-refractivity contribution in [3.05, 3.63) is 65.7 Å². The van der Waals surface area contributed by atoms with Crippen LogP contribution in [0.25, 0.3) is 0 Å². The molecule has 2 aromatic carbocycles. The first-order chi connectivity index (χ1) is 15.8. The molecule has 1 unspecified atom stereocenters. The molecule has 1 aliphatic heterocycles. The molecule has 2 aromatic rings. The third kappa shape index (κ3) is 5.68. The number of hydrogen-bond acceptors (Lipinski definition) is 5. The summed E-state index contributed by atoms with van der Waals surface area (Å²) in [5.41, 5.74) is 5.30. The van der Waals surface area contributed by atoms with Gasteiger partial charge in [-0.15, -0.1) is 0 Å². The van der Waals surface area contributed by atoms with Crippen LogP contribution in [0.1, 0.15) is 30.4 Å². The SMILES string of the molecule is N=C(N)c1ccc(OCCCCC(Cc2ccccc2)(C(=O)O)N2CCNC(=O)C2=O)cc1. The molecule has 0 spiro atoms. The summed E-state index contributed by atoms with van der Waals surface area (Å²) in [5, 5.41) is 20.2. The van der Waals surface area contributed by atoms with Gasteiger partial charge in [0.1, 0.15) is 17.1 Å². The van der Waals surface area contributed by atoms with Crippen LogP contribution in [0.5, 0.6) is 5.75 Å². The van der Waals surface area contributed by atoms with Gasteiger partial charge in [0.25, 0.3) is 0 Å². The zero-order chi connectivity index (χ0) is 23.8. The van der Waals surface area contributed by atoms with Crippen LogP contribution in [0, 0.1) is 5.41 Å². The van der Waals surface area contributed by atoms with Crippen molar-refractivity contribution in [1.82, 2.24) is 10.2 Å². The first-order valence-corrected chi connectivity index (χ1v) is 10.8. The number of ether oxygens (including phenoxy) is 1. The molecule has 0 aromatic heterocycles. The second kappa shape index (κ2) is 10.6. The average molecular weight is 453 g/mol. The Hall–Kier alpha value is -3.88. The number of carboxylic acid groups (broad SMARTS) is 1. The van der Waals surface area contributed by atoms with Gasteiger partial charge in [-0.1, -0.05) is 30.3 Å². The van der Waals surface area contributed by atoms with Gasteiger partial charge in [-0.2, -0.15) is 0 Å². The van der Waals surface area contributed by atoms with E-state index in [1.807, 2.05) is 30.3 Å². The number of aliphatic carboxylic acids is 1. The van der Waals surface area contributed by atoms with Gasteiger partial charge < -0.3 is 25.8 Å². The van der Waals surface area contributed by atoms with Crippen molar-refractivity contribution < 1.29 is 24.2 Å². The molecule has 0 saturated carbocycles. The standard InChI is InChI=1S/C24H28N4O5/c25-20(26)18-8-10-19(11-9-18)33-15-5-4-12-24(23(31)32,16-17-6-2-1-3-7-17)28-14-13-27-21(29)22(28)30/h1-3,6-11H,4-5,12-16H2,(H3,25,26)(H,27,29)(H,31,32). The highest BCUT2D eigenvalue weighted by Crippen LogP contribution is 2.29. The summed E-state index contributed by atoms with van der Waals surface area (Å²) in [7, 11) is 0. The van der Waals surface area contributed by atoms with E-state index in [2.05, 4.69) is 5.32 Å². The summed E-state index contributed by atoms with van der Waals surface area (Å²) in [6.07, 6.45) is 1.33. The minimum Gasteiger partial charge on any atom is -0.494 e. The molecule has 2 amide bonds. The number of carbonyl (C=O) groups is 3. The fourth-order valence-corrected chi connectivity index (χ4v) is 3.98. The monoisotopic (exact) mass is 452 g/mol. The summed E-state index contributed by atoms with van der Waals surface area (Å²) in [6, 6.07) is 15.9. The lowest BCUT2D eigenvalue weighted by atomic mass is 9.83. The maximum atomic E-state index is 12.6. The third-order valence-corrected chi connectivity index (χ3v) is 5.73. The molecule has 0 bridgehead atoms. The smallest absolute Gasteiger partial charge is 0.329 e. The van der Waals surface area contributed by atoms with Crippen LogP contribution in [0.4, 0.5) is 0 Å². The number of nitrogen functional groups attached to an aromatic ring is 1. The molecular formula is C24H28N4O5. The van der Waals surface area contributed by atoms with Gasteiger partial charge in [0.05, 0.1) is 6.61 Å². The molecule has 1 aliphatic rings. The molecule has 1 heterocycles. The van der Waals surface area contributed by atoms with Gasteiger partial charge >= 0.3 is 17.8 Å². The largest absolute Gasteiger partial charge is 0.494 e. The van der Waals surface area contributed by atoms with Gasteiger partial charge in [-0.3, -0.25) is 15.0 Å². The predicted molar refractivity (Wildman–Crippen MR) is 122 cm³/mol. The highest BCUT2D eigenvalue weighted by molar-refractivity contribution is 6.36. The zero-order valence-electron chi connectivity index (χ0n) is 18.3. The second-order valence-corrected chi connectivity index (χ2v) is 7.96. The molecule has 174 valence electrons. The summed E-state index contributed by atoms with van der Waals surface area (Å²) in [4.78, 5) is 38.4. The maximum absolute atomic E-state index is 12.6. The van der Waals surface area contributed by atoms with E-state index < -0.39 is 23.3 Å². The number of nitrogens with zero attached hydrogens (tertiary/aromatic N) is 1. The lowest BCUT2D eigenvalue weighted by Crippen LogP contribution is -2.65. The van der Waals surface area contributed by atoms with Gasteiger partial charge in [-0.25, -0.2) is 4.79 Å². The molecule has 1 atom stereocenters. The lowest BCUT2D eigenvalue weighted by molar-refractivity contribution is -0.165. The minimum atomic E-state index is -1.53. The number of rotatable bonds is 11. The van der Waals surface area contributed by atoms with Gasteiger partial charge in [0.15, 0.2) is 0 Å². The highest BCUT2D eigenvalue weighted by Gasteiger charge is 2.48. The Morgan fingerprint density at radius 3 is 2.45 bits per heavy atom. The van der Waals surface area contributed by atoms with Crippen LogP contribution in [-0.4, -0.2) is 58.9 Å². The first kappa shape index (κ1) is 23.8. The summed E-state index contributed by atoms with van der Waals surface area (Å²) < 4.78 is 5.71. The fraction of sp³-hybridized carbons (Fsp3) is 0.333. The molecular weight excluding hydrogens is 424 g/mol. The first-order valence-electron chi connectivity index (χ1n) is 10.8. The number of amidine groups is 1. The number of amides is 2. The van der Waals surface area contributed by atoms with E-state index in [1.54, 1.807) is 24.3 Å². The quantitative estimate of drug-likeness (QED) is 0.176. The molecule has 1 fully saturated rings. The van der Waals surface area contributed by atoms with Crippen LogP contribution >= 0.6 is 0 Å². The molecule has 9 nitrogen and oxygen atoms in total. The number of nitrogens with one attached hydrogen (secondary N) is 2. The molecule has 0 aliphatic carbocycles. The van der Waals surface area contributed by atoms with Gasteiger partial charge in [-0.05, 0) is 49.1 Å². The normalized spacial score (nSPS) is 15.5. The van der Waals surface area contributed by atoms with E-state index in [0.29, 0.717) is 30.8 Å². The van der Waals surface area contributed by atoms with E-state index in [9.17, 15) is 19.5 Å². The minimum absolute atomic E-state index is 0.0223. The average Bonchev–Trinajstić information content (AvgIpc) is 2.80. The zero-order valence-corrected chi connectivity index (χ0v) is 18.3. The summed E-state index contributed by atoms with van der Waals surface area (Å²) in [5.74, 6) is -2.13. The Bertz CT molecular complexity index is 1010. The molecule has 3 rings (SSSR count). The van der Waals surface area contributed by atoms with E-state index in [4.69, 9.17) is 15.9 Å². The van der Waals surface area contributed by atoms with E-state index in [0.717, 1.165) is 5.56 Å². The van der Waals surface area contributed by atoms with Crippen molar-refractivity contribution in [2.75, 3.05) is 19.7 Å². The molecule has 9 heteroatoms. The molecule has 1 saturated heterocycles. The van der Waals surface area contributed by atoms with Crippen molar-refractivity contribution in [1.29, 1.82) is 5.41 Å². The van der Waals surface area contributed by atoms with E-state index >= 15 is 0 Å². The van der Waals surface area contributed by atoms with Gasteiger partial charge in [0.2, 0.25) is 0 Å². The fourth-order valence-electron chi connectivity index (χ4n) is 3.98. The van der Waals surface area contributed by atoms with Crippen LogP contribution in [0.3, 0.4) is 0 Å². The number of hydrogen-bond donors (Lipinski definition) is 4. The number of benzene rings is 2. The number of unbranched alkanes of at least 4 members (excludes halogenated alkanes) is 1. The Balaban J connectivity index is 1.69. The van der Waals surface area contributed by atoms with E-state index in [1.165, 1.54) is 4.90 Å². The molecule has 33 heavy (non-hydrogen) atoms. The van der Waals surface area contributed by atoms with E-state index in [-0.39, 0.29) is 31.8 Å². The van der Waals surface area contributed by atoms with Crippen LogP contribution in [0.2, 0.25) is 0 Å². The number of nitrogens with two attached hydrogens (primary N) is 1. The second-order valence-electron chi connectivity index (χ2n) is 7.96. The summed E-state index contributed by atoms with van der Waals surface area (Å²) >= 11 is 0. The topological polar surface area (TPSA) is 146 Å².